The molecule has 4 aliphatic carbocycles. The topological polar surface area (TPSA) is 42.0 Å². The Bertz CT molecular complexity index is 515. The van der Waals surface area contributed by atoms with E-state index in [0.717, 1.165) is 60.7 Å². The fourth-order valence-electron chi connectivity index (χ4n) is 5.38. The lowest BCUT2D eigenvalue weighted by molar-refractivity contribution is -0.146. The fraction of sp³-hybridized carbons (Fsp3) is 0.765. The summed E-state index contributed by atoms with van der Waals surface area (Å²) in [5, 5.41) is 6.44. The lowest BCUT2D eigenvalue weighted by atomic mass is 9.49. The molecule has 4 bridgehead atoms. The summed E-state index contributed by atoms with van der Waals surface area (Å²) >= 11 is 1.70. The Hall–Kier alpha value is -0.900. The lowest BCUT2D eigenvalue weighted by Crippen LogP contribution is -2.53. The number of rotatable bonds is 4. The van der Waals surface area contributed by atoms with E-state index in [1.54, 1.807) is 11.3 Å². The molecule has 1 N–H and O–H groups in total. The van der Waals surface area contributed by atoms with Gasteiger partial charge >= 0.3 is 0 Å². The maximum atomic E-state index is 12.8. The van der Waals surface area contributed by atoms with Crippen molar-refractivity contribution in [1.82, 2.24) is 10.3 Å². The molecule has 0 aromatic carbocycles. The smallest absolute Gasteiger partial charge is 0.226 e. The van der Waals surface area contributed by atoms with Gasteiger partial charge in [0.1, 0.15) is 0 Å². The first-order chi connectivity index (χ1) is 10.1. The predicted molar refractivity (Wildman–Crippen MR) is 84.2 cm³/mol. The predicted octanol–water partition coefficient (Wildman–Crippen LogP) is 3.33. The molecular formula is C17H24N2OS. The van der Waals surface area contributed by atoms with Gasteiger partial charge in [0.05, 0.1) is 5.01 Å². The monoisotopic (exact) mass is 304 g/mol. The first kappa shape index (κ1) is 13.7. The number of amides is 1. The van der Waals surface area contributed by atoms with E-state index in [2.05, 4.69) is 15.7 Å². The Morgan fingerprint density at radius 3 is 2.43 bits per heavy atom. The van der Waals surface area contributed by atoms with Gasteiger partial charge in [0.15, 0.2) is 0 Å². The van der Waals surface area contributed by atoms with E-state index < -0.39 is 0 Å². The van der Waals surface area contributed by atoms with Crippen LogP contribution in [0.1, 0.15) is 49.2 Å². The minimum absolute atomic E-state index is 0.00640. The van der Waals surface area contributed by atoms with Crippen molar-refractivity contribution in [2.45, 2.75) is 51.9 Å². The number of thiazole rings is 1. The summed E-state index contributed by atoms with van der Waals surface area (Å²) in [6.07, 6.45) is 8.51. The molecule has 1 heterocycles. The van der Waals surface area contributed by atoms with Gasteiger partial charge in [-0.3, -0.25) is 4.79 Å². The van der Waals surface area contributed by atoms with E-state index in [0.29, 0.717) is 5.91 Å². The van der Waals surface area contributed by atoms with Crippen LogP contribution in [0.5, 0.6) is 0 Å². The van der Waals surface area contributed by atoms with Crippen molar-refractivity contribution < 1.29 is 4.79 Å². The standard InChI is InChI=1S/C17H24N2OS/c1-11-10-21-15(19-11)2-3-18-16(20)17-7-12-4-13(8-17)6-14(5-12)9-17/h10,12-14H,2-9H2,1H3,(H,18,20). The first-order valence-corrected chi connectivity index (χ1v) is 9.20. The van der Waals surface area contributed by atoms with Crippen LogP contribution in [-0.4, -0.2) is 17.4 Å². The van der Waals surface area contributed by atoms with Crippen molar-refractivity contribution in [1.29, 1.82) is 0 Å². The van der Waals surface area contributed by atoms with Crippen LogP contribution in [0, 0.1) is 30.1 Å². The third-order valence-corrected chi connectivity index (χ3v) is 6.84. The van der Waals surface area contributed by atoms with E-state index in [1.165, 1.54) is 19.3 Å². The third kappa shape index (κ3) is 2.52. The van der Waals surface area contributed by atoms with E-state index in [-0.39, 0.29) is 5.41 Å². The van der Waals surface area contributed by atoms with Gasteiger partial charge in [0.2, 0.25) is 5.91 Å². The van der Waals surface area contributed by atoms with Gasteiger partial charge < -0.3 is 5.32 Å². The van der Waals surface area contributed by atoms with Gasteiger partial charge in [-0.1, -0.05) is 0 Å². The quantitative estimate of drug-likeness (QED) is 0.927. The number of nitrogens with zero attached hydrogens (tertiary/aromatic N) is 1. The number of aryl methyl sites for hydroxylation is 1. The van der Waals surface area contributed by atoms with E-state index in [4.69, 9.17) is 0 Å². The average Bonchev–Trinajstić information content (AvgIpc) is 2.83. The van der Waals surface area contributed by atoms with E-state index in [1.807, 2.05) is 6.92 Å². The second-order valence-corrected chi connectivity index (χ2v) is 8.53. The zero-order valence-corrected chi connectivity index (χ0v) is 13.5. The zero-order valence-electron chi connectivity index (χ0n) is 12.7. The third-order valence-electron chi connectivity index (χ3n) is 5.81. The number of hydrogen-bond acceptors (Lipinski definition) is 3. The largest absolute Gasteiger partial charge is 0.355 e. The van der Waals surface area contributed by atoms with Crippen LogP contribution in [-0.2, 0) is 11.2 Å². The highest BCUT2D eigenvalue weighted by molar-refractivity contribution is 7.09. The van der Waals surface area contributed by atoms with Crippen LogP contribution < -0.4 is 5.32 Å². The SMILES string of the molecule is Cc1csc(CCNC(=O)C23CC4CC(CC(C4)C2)C3)n1. The maximum Gasteiger partial charge on any atom is 0.226 e. The van der Waals surface area contributed by atoms with Crippen molar-refractivity contribution in [3.05, 3.63) is 16.1 Å². The molecule has 0 atom stereocenters. The second-order valence-electron chi connectivity index (χ2n) is 7.59. The van der Waals surface area contributed by atoms with E-state index in [9.17, 15) is 4.79 Å². The minimum Gasteiger partial charge on any atom is -0.355 e. The van der Waals surface area contributed by atoms with Gasteiger partial charge in [0.25, 0.3) is 0 Å². The average molecular weight is 304 g/mol. The van der Waals surface area contributed by atoms with Crippen molar-refractivity contribution in [2.75, 3.05) is 6.54 Å². The van der Waals surface area contributed by atoms with Crippen LogP contribution in [0.3, 0.4) is 0 Å². The van der Waals surface area contributed by atoms with Gasteiger partial charge in [-0.05, 0) is 63.2 Å². The van der Waals surface area contributed by atoms with Gasteiger partial charge in [-0.25, -0.2) is 4.98 Å². The Balaban J connectivity index is 1.36. The summed E-state index contributed by atoms with van der Waals surface area (Å²) < 4.78 is 0. The van der Waals surface area contributed by atoms with Gasteiger partial charge in [-0.2, -0.15) is 0 Å². The molecule has 0 saturated heterocycles. The number of carbonyl (C=O) groups is 1. The molecule has 5 rings (SSSR count). The summed E-state index contributed by atoms with van der Waals surface area (Å²) in [6, 6.07) is 0. The molecule has 1 amide bonds. The van der Waals surface area contributed by atoms with Crippen LogP contribution in [0.2, 0.25) is 0 Å². The minimum atomic E-state index is -0.00640. The fourth-order valence-corrected chi connectivity index (χ4v) is 6.15. The zero-order chi connectivity index (χ0) is 14.4. The highest BCUT2D eigenvalue weighted by Gasteiger charge is 2.54. The first-order valence-electron chi connectivity index (χ1n) is 8.32. The molecule has 4 saturated carbocycles. The molecule has 0 spiro atoms. The van der Waals surface area contributed by atoms with Crippen LogP contribution in [0.4, 0.5) is 0 Å². The molecule has 4 heteroatoms. The second kappa shape index (κ2) is 5.08. The summed E-state index contributed by atoms with van der Waals surface area (Å²) in [5.74, 6) is 2.85. The molecule has 1 aromatic rings. The highest BCUT2D eigenvalue weighted by atomic mass is 32.1. The summed E-state index contributed by atoms with van der Waals surface area (Å²) in [7, 11) is 0. The molecule has 4 aliphatic rings. The highest BCUT2D eigenvalue weighted by Crippen LogP contribution is 2.60. The Morgan fingerprint density at radius 1 is 1.29 bits per heavy atom. The van der Waals surface area contributed by atoms with Crippen molar-refractivity contribution in [2.24, 2.45) is 23.2 Å². The van der Waals surface area contributed by atoms with Crippen LogP contribution in [0.25, 0.3) is 0 Å². The normalized spacial score (nSPS) is 36.9. The number of hydrogen-bond donors (Lipinski definition) is 1. The molecule has 0 aliphatic heterocycles. The van der Waals surface area contributed by atoms with Crippen LogP contribution >= 0.6 is 11.3 Å². The lowest BCUT2D eigenvalue weighted by Gasteiger charge is -2.55. The maximum absolute atomic E-state index is 12.8. The molecule has 4 fully saturated rings. The molecule has 21 heavy (non-hydrogen) atoms. The summed E-state index contributed by atoms with van der Waals surface area (Å²) in [5.41, 5.74) is 1.08. The molecular weight excluding hydrogens is 280 g/mol. The van der Waals surface area contributed by atoms with Crippen molar-refractivity contribution in [3.63, 3.8) is 0 Å². The summed E-state index contributed by atoms with van der Waals surface area (Å²) in [4.78, 5) is 17.2. The Kier molecular flexibility index (Phi) is 3.32. The van der Waals surface area contributed by atoms with E-state index >= 15 is 0 Å². The van der Waals surface area contributed by atoms with Crippen molar-refractivity contribution >= 4 is 17.2 Å². The van der Waals surface area contributed by atoms with Gasteiger partial charge in [0, 0.05) is 29.5 Å². The molecule has 0 unspecified atom stereocenters. The number of carbonyl (C=O) groups excluding carboxylic acids is 1. The Labute approximate surface area is 130 Å². The molecule has 3 nitrogen and oxygen atoms in total. The Morgan fingerprint density at radius 2 is 1.90 bits per heavy atom. The molecule has 1 aromatic heterocycles. The molecule has 114 valence electrons. The molecule has 0 radical (unpaired) electrons. The van der Waals surface area contributed by atoms with Crippen LogP contribution in [0.15, 0.2) is 5.38 Å². The van der Waals surface area contributed by atoms with Crippen molar-refractivity contribution in [3.8, 4) is 0 Å². The number of nitrogens with one attached hydrogen (secondary N) is 1. The summed E-state index contributed by atoms with van der Waals surface area (Å²) in [6.45, 7) is 2.77. The van der Waals surface area contributed by atoms with Gasteiger partial charge in [-0.15, -0.1) is 11.3 Å². The number of aromatic nitrogens is 1.